The highest BCUT2D eigenvalue weighted by Crippen LogP contribution is 2.20. The number of nitrogens with zero attached hydrogens (tertiary/aromatic N) is 6. The van der Waals surface area contributed by atoms with Crippen LogP contribution in [0.15, 0.2) is 17.2 Å². The summed E-state index contributed by atoms with van der Waals surface area (Å²) in [5.74, 6) is 0.694. The molecule has 1 atom stereocenters. The Morgan fingerprint density at radius 3 is 3.06 bits per heavy atom. The van der Waals surface area contributed by atoms with Crippen LogP contribution in [-0.4, -0.2) is 35.4 Å². The molecule has 0 radical (unpaired) electrons. The lowest BCUT2D eigenvalue weighted by Gasteiger charge is -2.15. The summed E-state index contributed by atoms with van der Waals surface area (Å²) in [5.41, 5.74) is 13.2. The second kappa shape index (κ2) is 5.19. The zero-order valence-corrected chi connectivity index (χ0v) is 9.43. The summed E-state index contributed by atoms with van der Waals surface area (Å²) in [6.45, 7) is 1.35. The van der Waals surface area contributed by atoms with Gasteiger partial charge in [-0.1, -0.05) is 5.11 Å². The average Bonchev–Trinajstić information content (AvgIpc) is 2.78. The molecule has 0 aromatic carbocycles. The van der Waals surface area contributed by atoms with Gasteiger partial charge in [-0.05, 0) is 18.0 Å². The summed E-state index contributed by atoms with van der Waals surface area (Å²) < 4.78 is 4.57. The van der Waals surface area contributed by atoms with Crippen LogP contribution in [0.25, 0.3) is 10.4 Å². The smallest absolute Gasteiger partial charge is 0.390 e. The standard InChI is InChI=1S/C9H11N7O2/c10-9(17)18-8-2-1-7(13-14-8)16-4-3-6(5-16)12-15-11/h1-2,6H,3-5H2,(H2,10,17). The highest BCUT2D eigenvalue weighted by Gasteiger charge is 2.22. The lowest BCUT2D eigenvalue weighted by atomic mass is 10.3. The van der Waals surface area contributed by atoms with E-state index in [2.05, 4.69) is 25.0 Å². The van der Waals surface area contributed by atoms with Gasteiger partial charge in [-0.2, -0.15) is 0 Å². The van der Waals surface area contributed by atoms with E-state index in [4.69, 9.17) is 11.3 Å². The van der Waals surface area contributed by atoms with Crippen molar-refractivity contribution in [3.05, 3.63) is 22.6 Å². The Labute approximate surface area is 102 Å². The Balaban J connectivity index is 2.02. The van der Waals surface area contributed by atoms with Gasteiger partial charge in [-0.15, -0.1) is 10.2 Å². The molecule has 1 aliphatic rings. The molecule has 0 aliphatic carbocycles. The fourth-order valence-electron chi connectivity index (χ4n) is 1.76. The van der Waals surface area contributed by atoms with E-state index in [0.29, 0.717) is 12.4 Å². The van der Waals surface area contributed by atoms with Crippen LogP contribution in [0.3, 0.4) is 0 Å². The number of rotatable bonds is 3. The maximum absolute atomic E-state index is 10.5. The van der Waals surface area contributed by atoms with Crippen molar-refractivity contribution in [2.45, 2.75) is 12.5 Å². The molecular weight excluding hydrogens is 238 g/mol. The number of amides is 1. The third-order valence-electron chi connectivity index (χ3n) is 2.53. The fourth-order valence-corrected chi connectivity index (χ4v) is 1.76. The minimum atomic E-state index is -0.929. The molecule has 2 N–H and O–H groups in total. The zero-order valence-electron chi connectivity index (χ0n) is 9.43. The number of ether oxygens (including phenoxy) is 1. The van der Waals surface area contributed by atoms with Crippen LogP contribution >= 0.6 is 0 Å². The molecule has 1 fully saturated rings. The molecule has 0 saturated carbocycles. The lowest BCUT2D eigenvalue weighted by Crippen LogP contribution is -2.22. The van der Waals surface area contributed by atoms with Crippen molar-refractivity contribution in [2.75, 3.05) is 18.0 Å². The number of carbonyl (C=O) groups excluding carboxylic acids is 1. The number of aromatic nitrogens is 2. The maximum atomic E-state index is 10.5. The van der Waals surface area contributed by atoms with Crippen molar-refractivity contribution in [3.63, 3.8) is 0 Å². The highest BCUT2D eigenvalue weighted by molar-refractivity contribution is 5.67. The number of carbonyl (C=O) groups is 1. The van der Waals surface area contributed by atoms with Gasteiger partial charge in [0.2, 0.25) is 5.88 Å². The van der Waals surface area contributed by atoms with Crippen LogP contribution in [0.1, 0.15) is 6.42 Å². The molecular formula is C9H11N7O2. The van der Waals surface area contributed by atoms with Crippen LogP contribution in [0.2, 0.25) is 0 Å². The first kappa shape index (κ1) is 11.9. The van der Waals surface area contributed by atoms with E-state index in [0.717, 1.165) is 13.0 Å². The topological polar surface area (TPSA) is 130 Å². The average molecular weight is 249 g/mol. The SMILES string of the molecule is [N-]=[N+]=NC1CCN(c2ccc(OC(N)=O)nn2)C1. The van der Waals surface area contributed by atoms with Gasteiger partial charge in [0.05, 0.1) is 6.04 Å². The summed E-state index contributed by atoms with van der Waals surface area (Å²) in [5, 5.41) is 11.3. The van der Waals surface area contributed by atoms with E-state index in [-0.39, 0.29) is 11.9 Å². The monoisotopic (exact) mass is 249 g/mol. The summed E-state index contributed by atoms with van der Waals surface area (Å²) >= 11 is 0. The molecule has 9 nitrogen and oxygen atoms in total. The molecule has 9 heteroatoms. The minimum absolute atomic E-state index is 0.0432. The van der Waals surface area contributed by atoms with Crippen molar-refractivity contribution < 1.29 is 9.53 Å². The Kier molecular flexibility index (Phi) is 3.44. The number of azide groups is 1. The molecule has 1 aromatic heterocycles. The largest absolute Gasteiger partial charge is 0.411 e. The first-order valence-electron chi connectivity index (χ1n) is 5.29. The first-order valence-corrected chi connectivity index (χ1v) is 5.29. The number of hydrogen-bond donors (Lipinski definition) is 1. The molecule has 2 heterocycles. The number of primary amides is 1. The Morgan fingerprint density at radius 2 is 2.44 bits per heavy atom. The summed E-state index contributed by atoms with van der Waals surface area (Å²) in [6, 6.07) is 3.14. The molecule has 94 valence electrons. The molecule has 0 bridgehead atoms. The van der Waals surface area contributed by atoms with Gasteiger partial charge < -0.3 is 15.4 Å². The lowest BCUT2D eigenvalue weighted by molar-refractivity contribution is 0.208. The molecule has 18 heavy (non-hydrogen) atoms. The molecule has 1 saturated heterocycles. The van der Waals surface area contributed by atoms with Gasteiger partial charge >= 0.3 is 6.09 Å². The van der Waals surface area contributed by atoms with Gasteiger partial charge in [0.15, 0.2) is 5.82 Å². The van der Waals surface area contributed by atoms with Gasteiger partial charge in [-0.3, -0.25) is 0 Å². The van der Waals surface area contributed by atoms with Gasteiger partial charge in [0.1, 0.15) is 0 Å². The molecule has 1 unspecified atom stereocenters. The van der Waals surface area contributed by atoms with Gasteiger partial charge in [-0.25, -0.2) is 4.79 Å². The third-order valence-corrected chi connectivity index (χ3v) is 2.53. The fraction of sp³-hybridized carbons (Fsp3) is 0.444. The van der Waals surface area contributed by atoms with Crippen LogP contribution in [0.5, 0.6) is 5.88 Å². The molecule has 1 aromatic rings. The van der Waals surface area contributed by atoms with Crippen molar-refractivity contribution in [1.82, 2.24) is 10.2 Å². The predicted molar refractivity (Wildman–Crippen MR) is 62.0 cm³/mol. The summed E-state index contributed by atoms with van der Waals surface area (Å²) in [7, 11) is 0. The summed E-state index contributed by atoms with van der Waals surface area (Å²) in [4.78, 5) is 15.2. The summed E-state index contributed by atoms with van der Waals surface area (Å²) in [6.07, 6.45) is -0.146. The van der Waals surface area contributed by atoms with Gasteiger partial charge in [0.25, 0.3) is 0 Å². The van der Waals surface area contributed by atoms with E-state index in [9.17, 15) is 4.79 Å². The van der Waals surface area contributed by atoms with Crippen LogP contribution in [0, 0.1) is 0 Å². The van der Waals surface area contributed by atoms with Crippen molar-refractivity contribution in [1.29, 1.82) is 0 Å². The molecule has 0 spiro atoms. The van der Waals surface area contributed by atoms with Crippen LogP contribution in [-0.2, 0) is 0 Å². The van der Waals surface area contributed by atoms with E-state index in [1.807, 2.05) is 4.90 Å². The Bertz CT molecular complexity index is 482. The zero-order chi connectivity index (χ0) is 13.0. The second-order valence-corrected chi connectivity index (χ2v) is 3.74. The Morgan fingerprint density at radius 1 is 1.61 bits per heavy atom. The van der Waals surface area contributed by atoms with E-state index >= 15 is 0 Å². The van der Waals surface area contributed by atoms with Crippen molar-refractivity contribution in [2.24, 2.45) is 10.8 Å². The van der Waals surface area contributed by atoms with Crippen LogP contribution < -0.4 is 15.4 Å². The van der Waals surface area contributed by atoms with E-state index < -0.39 is 6.09 Å². The molecule has 1 amide bonds. The van der Waals surface area contributed by atoms with Gasteiger partial charge in [0, 0.05) is 24.1 Å². The number of anilines is 1. The highest BCUT2D eigenvalue weighted by atomic mass is 16.6. The normalized spacial score (nSPS) is 18.2. The maximum Gasteiger partial charge on any atom is 0.411 e. The Hall–Kier alpha value is -2.54. The number of hydrogen-bond acceptors (Lipinski definition) is 6. The molecule has 2 rings (SSSR count). The number of nitrogens with two attached hydrogens (primary N) is 1. The quantitative estimate of drug-likeness (QED) is 0.481. The van der Waals surface area contributed by atoms with Crippen LogP contribution in [0.4, 0.5) is 10.6 Å². The minimum Gasteiger partial charge on any atom is -0.390 e. The molecule has 1 aliphatic heterocycles. The van der Waals surface area contributed by atoms with E-state index in [1.165, 1.54) is 6.07 Å². The van der Waals surface area contributed by atoms with Crippen molar-refractivity contribution in [3.8, 4) is 5.88 Å². The predicted octanol–water partition coefficient (Wildman–Crippen LogP) is 0.823. The van der Waals surface area contributed by atoms with E-state index in [1.54, 1.807) is 6.07 Å². The first-order chi connectivity index (χ1) is 8.69. The third kappa shape index (κ3) is 2.77. The van der Waals surface area contributed by atoms with Crippen molar-refractivity contribution >= 4 is 11.9 Å². The second-order valence-electron chi connectivity index (χ2n) is 3.74.